The molecule has 2 aliphatic rings. The summed E-state index contributed by atoms with van der Waals surface area (Å²) in [6.45, 7) is 3.03. The summed E-state index contributed by atoms with van der Waals surface area (Å²) >= 11 is 0. The number of aromatic nitrogens is 2. The molecule has 1 aromatic carbocycles. The molecule has 1 aliphatic heterocycles. The Balaban J connectivity index is 1.77. The lowest BCUT2D eigenvalue weighted by Crippen LogP contribution is -2.09. The number of hydrogen-bond donors (Lipinski definition) is 0. The minimum absolute atomic E-state index is 0.0737. The first-order valence-corrected chi connectivity index (χ1v) is 7.89. The predicted octanol–water partition coefficient (Wildman–Crippen LogP) is 2.68. The zero-order valence-electron chi connectivity index (χ0n) is 12.5. The van der Waals surface area contributed by atoms with E-state index >= 15 is 0 Å². The van der Waals surface area contributed by atoms with Crippen molar-refractivity contribution in [2.75, 3.05) is 6.61 Å². The minimum Gasteiger partial charge on any atom is -0.466 e. The molecule has 0 spiro atoms. The summed E-state index contributed by atoms with van der Waals surface area (Å²) in [6.07, 6.45) is 2.19. The summed E-state index contributed by atoms with van der Waals surface area (Å²) in [5.41, 5.74) is 2.56. The largest absolute Gasteiger partial charge is 0.466 e. The third-order valence-corrected chi connectivity index (χ3v) is 4.59. The molecular formula is C17H18N2O3. The van der Waals surface area contributed by atoms with E-state index in [9.17, 15) is 9.59 Å². The highest BCUT2D eigenvalue weighted by Crippen LogP contribution is 2.48. The number of imidazole rings is 1. The average Bonchev–Trinajstić information content (AvgIpc) is 3.25. The molecule has 4 rings (SSSR count). The van der Waals surface area contributed by atoms with E-state index in [0.29, 0.717) is 13.0 Å². The van der Waals surface area contributed by atoms with Gasteiger partial charge in [-0.15, -0.1) is 0 Å². The Morgan fingerprint density at radius 3 is 3.14 bits per heavy atom. The highest BCUT2D eigenvalue weighted by Gasteiger charge is 2.48. The molecule has 1 aromatic heterocycles. The standard InChI is InChI=1S/C17H18N2O3/c1-2-22-17(21)12-9-11(12)16-18-13-6-3-5-10-14(20)7-4-8-19(16)15(10)13/h3,5-6,11-12H,2,4,7-9H2,1H3/t11?,12-/m1/s1. The van der Waals surface area contributed by atoms with E-state index in [-0.39, 0.29) is 23.6 Å². The molecule has 22 heavy (non-hydrogen) atoms. The van der Waals surface area contributed by atoms with E-state index in [4.69, 9.17) is 9.72 Å². The van der Waals surface area contributed by atoms with Gasteiger partial charge in [-0.1, -0.05) is 6.07 Å². The maximum Gasteiger partial charge on any atom is 0.309 e. The number of benzene rings is 1. The topological polar surface area (TPSA) is 61.2 Å². The molecule has 114 valence electrons. The van der Waals surface area contributed by atoms with E-state index in [2.05, 4.69) is 4.57 Å². The molecule has 0 bridgehead atoms. The smallest absolute Gasteiger partial charge is 0.309 e. The van der Waals surface area contributed by atoms with Crippen LogP contribution in [0.1, 0.15) is 48.3 Å². The maximum atomic E-state index is 12.2. The number of ether oxygens (including phenoxy) is 1. The number of esters is 1. The summed E-state index contributed by atoms with van der Waals surface area (Å²) in [6, 6.07) is 5.71. The molecule has 0 radical (unpaired) electrons. The number of para-hydroxylation sites is 1. The zero-order chi connectivity index (χ0) is 15.3. The van der Waals surface area contributed by atoms with Crippen molar-refractivity contribution in [3.8, 4) is 0 Å². The summed E-state index contributed by atoms with van der Waals surface area (Å²) < 4.78 is 7.27. The Morgan fingerprint density at radius 1 is 1.45 bits per heavy atom. The molecule has 1 aliphatic carbocycles. The van der Waals surface area contributed by atoms with Gasteiger partial charge in [0.05, 0.1) is 23.6 Å². The molecule has 1 unspecified atom stereocenters. The number of carbonyl (C=O) groups excluding carboxylic acids is 2. The van der Waals surface area contributed by atoms with E-state index in [1.54, 1.807) is 0 Å². The van der Waals surface area contributed by atoms with Gasteiger partial charge in [-0.25, -0.2) is 4.98 Å². The summed E-state index contributed by atoms with van der Waals surface area (Å²) in [5.74, 6) is 1.06. The Labute approximate surface area is 128 Å². The van der Waals surface area contributed by atoms with Crippen molar-refractivity contribution >= 4 is 22.8 Å². The van der Waals surface area contributed by atoms with Gasteiger partial charge in [0.25, 0.3) is 0 Å². The number of ketones is 1. The van der Waals surface area contributed by atoms with E-state index < -0.39 is 0 Å². The zero-order valence-corrected chi connectivity index (χ0v) is 12.5. The maximum absolute atomic E-state index is 12.2. The minimum atomic E-state index is -0.128. The van der Waals surface area contributed by atoms with Crippen molar-refractivity contribution in [2.45, 2.75) is 38.6 Å². The second kappa shape index (κ2) is 4.93. The van der Waals surface area contributed by atoms with Gasteiger partial charge < -0.3 is 9.30 Å². The molecule has 5 heteroatoms. The van der Waals surface area contributed by atoms with E-state index in [1.807, 2.05) is 25.1 Å². The second-order valence-electron chi connectivity index (χ2n) is 6.02. The number of aryl methyl sites for hydroxylation is 1. The number of carbonyl (C=O) groups is 2. The normalized spacial score (nSPS) is 23.4. The van der Waals surface area contributed by atoms with Crippen molar-refractivity contribution in [2.24, 2.45) is 5.92 Å². The Bertz CT molecular complexity index is 778. The van der Waals surface area contributed by atoms with Crippen LogP contribution in [0.2, 0.25) is 0 Å². The van der Waals surface area contributed by atoms with Crippen LogP contribution < -0.4 is 0 Å². The molecule has 2 atom stereocenters. The monoisotopic (exact) mass is 298 g/mol. The number of nitrogens with zero attached hydrogens (tertiary/aromatic N) is 2. The molecule has 1 saturated carbocycles. The van der Waals surface area contributed by atoms with Crippen LogP contribution in [0.25, 0.3) is 11.0 Å². The van der Waals surface area contributed by atoms with E-state index in [1.165, 1.54) is 0 Å². The van der Waals surface area contributed by atoms with Gasteiger partial charge in [0.15, 0.2) is 5.78 Å². The lowest BCUT2D eigenvalue weighted by Gasteiger charge is -2.07. The third-order valence-electron chi connectivity index (χ3n) is 4.59. The molecular weight excluding hydrogens is 280 g/mol. The van der Waals surface area contributed by atoms with Crippen LogP contribution in [0.5, 0.6) is 0 Å². The lowest BCUT2D eigenvalue weighted by atomic mass is 10.1. The molecule has 0 N–H and O–H groups in total. The highest BCUT2D eigenvalue weighted by molar-refractivity contribution is 6.06. The first-order valence-electron chi connectivity index (χ1n) is 7.89. The summed E-state index contributed by atoms with van der Waals surface area (Å²) in [4.78, 5) is 28.8. The molecule has 2 aromatic rings. The van der Waals surface area contributed by atoms with Gasteiger partial charge in [0.2, 0.25) is 0 Å². The first-order chi connectivity index (χ1) is 10.7. The predicted molar refractivity (Wildman–Crippen MR) is 80.8 cm³/mol. The highest BCUT2D eigenvalue weighted by atomic mass is 16.5. The molecule has 2 heterocycles. The van der Waals surface area contributed by atoms with Crippen molar-refractivity contribution in [3.63, 3.8) is 0 Å². The van der Waals surface area contributed by atoms with Gasteiger partial charge in [0, 0.05) is 24.4 Å². The third kappa shape index (κ3) is 1.95. The van der Waals surface area contributed by atoms with Crippen LogP contribution >= 0.6 is 0 Å². The number of Topliss-reactive ketones (excluding diaryl/α,β-unsaturated/α-hetero) is 1. The Morgan fingerprint density at radius 2 is 2.32 bits per heavy atom. The van der Waals surface area contributed by atoms with E-state index in [0.717, 1.165) is 41.8 Å². The molecule has 1 fully saturated rings. The quantitative estimate of drug-likeness (QED) is 0.817. The lowest BCUT2D eigenvalue weighted by molar-refractivity contribution is -0.144. The van der Waals surface area contributed by atoms with Gasteiger partial charge in [-0.05, 0) is 31.9 Å². The van der Waals surface area contributed by atoms with Gasteiger partial charge in [0.1, 0.15) is 5.82 Å². The van der Waals surface area contributed by atoms with Crippen molar-refractivity contribution in [1.82, 2.24) is 9.55 Å². The van der Waals surface area contributed by atoms with Crippen molar-refractivity contribution in [3.05, 3.63) is 29.6 Å². The molecule has 0 amide bonds. The van der Waals surface area contributed by atoms with Crippen molar-refractivity contribution in [1.29, 1.82) is 0 Å². The van der Waals surface area contributed by atoms with Crippen LogP contribution in [0.15, 0.2) is 18.2 Å². The fourth-order valence-electron chi connectivity index (χ4n) is 3.46. The van der Waals surface area contributed by atoms with Gasteiger partial charge in [-0.2, -0.15) is 0 Å². The van der Waals surface area contributed by atoms with Crippen LogP contribution in [-0.4, -0.2) is 27.9 Å². The van der Waals surface area contributed by atoms with Gasteiger partial charge >= 0.3 is 5.97 Å². The Hall–Kier alpha value is -2.17. The Kier molecular flexibility index (Phi) is 3.03. The second-order valence-corrected chi connectivity index (χ2v) is 6.02. The SMILES string of the molecule is CCOC(=O)[C@@H]1CC1c1nc2cccc3c2n1CCCC3=O. The molecule has 5 nitrogen and oxygen atoms in total. The van der Waals surface area contributed by atoms with Crippen LogP contribution in [0.3, 0.4) is 0 Å². The number of rotatable bonds is 3. The van der Waals surface area contributed by atoms with Crippen LogP contribution in [0, 0.1) is 5.92 Å². The van der Waals surface area contributed by atoms with Crippen LogP contribution in [0.4, 0.5) is 0 Å². The van der Waals surface area contributed by atoms with Gasteiger partial charge in [-0.3, -0.25) is 9.59 Å². The summed E-state index contributed by atoms with van der Waals surface area (Å²) in [5, 5.41) is 0. The fraction of sp³-hybridized carbons (Fsp3) is 0.471. The molecule has 0 saturated heterocycles. The number of hydrogen-bond acceptors (Lipinski definition) is 4. The van der Waals surface area contributed by atoms with Crippen LogP contribution in [-0.2, 0) is 16.1 Å². The average molecular weight is 298 g/mol. The first kappa shape index (κ1) is 13.5. The van der Waals surface area contributed by atoms with Crippen molar-refractivity contribution < 1.29 is 14.3 Å². The summed E-state index contributed by atoms with van der Waals surface area (Å²) in [7, 11) is 0. The fourth-order valence-corrected chi connectivity index (χ4v) is 3.46.